The number of nitrogens with one attached hydrogen (secondary N) is 2. The van der Waals surface area contributed by atoms with Crippen LogP contribution in [-0.4, -0.2) is 41.7 Å². The largest absolute Gasteiger partial charge is 0.391 e. The van der Waals surface area contributed by atoms with Crippen LogP contribution in [0.3, 0.4) is 0 Å². The summed E-state index contributed by atoms with van der Waals surface area (Å²) in [6.07, 6.45) is 5.80. The second-order valence-corrected chi connectivity index (χ2v) is 3.22. The van der Waals surface area contributed by atoms with E-state index in [2.05, 4.69) is 15.8 Å². The highest BCUT2D eigenvalue weighted by Crippen LogP contribution is 2.10. The Morgan fingerprint density at radius 1 is 1.54 bits per heavy atom. The van der Waals surface area contributed by atoms with E-state index in [0.29, 0.717) is 0 Å². The number of hydrazine groups is 1. The van der Waals surface area contributed by atoms with Crippen LogP contribution in [-0.2, 0) is 0 Å². The minimum atomic E-state index is -0.308. The Morgan fingerprint density at radius 2 is 2.46 bits per heavy atom. The van der Waals surface area contributed by atoms with E-state index in [1.807, 2.05) is 6.08 Å². The molecule has 0 aliphatic carbocycles. The number of hydrazone groups is 1. The van der Waals surface area contributed by atoms with Crippen LogP contribution in [0.25, 0.3) is 0 Å². The topological polar surface area (TPSA) is 59.9 Å². The lowest BCUT2D eigenvalue weighted by Crippen LogP contribution is -2.55. The van der Waals surface area contributed by atoms with Crippen molar-refractivity contribution in [1.82, 2.24) is 15.9 Å². The highest BCUT2D eigenvalue weighted by molar-refractivity contribution is 5.71. The van der Waals surface area contributed by atoms with Crippen molar-refractivity contribution in [2.45, 2.75) is 18.6 Å². The number of rotatable bonds is 1. The number of aliphatic hydroxyl groups is 1. The third-order valence-corrected chi connectivity index (χ3v) is 2.31. The van der Waals surface area contributed by atoms with Gasteiger partial charge in [0.25, 0.3) is 0 Å². The fourth-order valence-corrected chi connectivity index (χ4v) is 1.57. The standard InChI is InChI=1S/C8H14N4O/c13-8-2-5-9-6-7(8)12-10-3-1-4-11-12/h1,3-4,7-10,13H,2,5-6H2. The SMILES string of the molecule is OC1CCNCC1N1N=CC=CN1. The predicted molar refractivity (Wildman–Crippen MR) is 49.9 cm³/mol. The third-order valence-electron chi connectivity index (χ3n) is 2.31. The molecule has 0 bridgehead atoms. The molecule has 2 aliphatic heterocycles. The lowest BCUT2D eigenvalue weighted by Gasteiger charge is -2.36. The summed E-state index contributed by atoms with van der Waals surface area (Å²) in [5, 5.41) is 18.7. The summed E-state index contributed by atoms with van der Waals surface area (Å²) in [4.78, 5) is 0. The van der Waals surface area contributed by atoms with Crippen molar-refractivity contribution in [1.29, 1.82) is 0 Å². The maximum Gasteiger partial charge on any atom is 0.108 e. The Hall–Kier alpha value is -1.07. The van der Waals surface area contributed by atoms with Gasteiger partial charge in [0.05, 0.1) is 12.3 Å². The van der Waals surface area contributed by atoms with E-state index in [0.717, 1.165) is 19.5 Å². The van der Waals surface area contributed by atoms with Gasteiger partial charge < -0.3 is 10.4 Å². The highest BCUT2D eigenvalue weighted by Gasteiger charge is 2.28. The molecule has 0 radical (unpaired) electrons. The normalized spacial score (nSPS) is 33.2. The molecule has 0 aromatic carbocycles. The summed E-state index contributed by atoms with van der Waals surface area (Å²) in [7, 11) is 0. The molecular weight excluding hydrogens is 168 g/mol. The lowest BCUT2D eigenvalue weighted by atomic mass is 10.0. The molecule has 1 fully saturated rings. The smallest absolute Gasteiger partial charge is 0.108 e. The Morgan fingerprint density at radius 3 is 3.15 bits per heavy atom. The van der Waals surface area contributed by atoms with Gasteiger partial charge in [-0.3, -0.25) is 5.43 Å². The maximum atomic E-state index is 9.70. The van der Waals surface area contributed by atoms with Gasteiger partial charge in [-0.15, -0.1) is 0 Å². The fraction of sp³-hybridized carbons (Fsp3) is 0.625. The Balaban J connectivity index is 1.98. The van der Waals surface area contributed by atoms with E-state index in [1.54, 1.807) is 17.5 Å². The van der Waals surface area contributed by atoms with Crippen molar-refractivity contribution < 1.29 is 5.11 Å². The van der Waals surface area contributed by atoms with E-state index < -0.39 is 0 Å². The Bertz CT molecular complexity index is 228. The van der Waals surface area contributed by atoms with Gasteiger partial charge in [0.15, 0.2) is 0 Å². The van der Waals surface area contributed by atoms with E-state index in [1.165, 1.54) is 0 Å². The van der Waals surface area contributed by atoms with E-state index in [4.69, 9.17) is 0 Å². The minimum Gasteiger partial charge on any atom is -0.391 e. The summed E-state index contributed by atoms with van der Waals surface area (Å²) in [5.41, 5.74) is 2.97. The number of hydrogen-bond acceptors (Lipinski definition) is 5. The molecule has 0 aromatic rings. The monoisotopic (exact) mass is 182 g/mol. The molecule has 13 heavy (non-hydrogen) atoms. The molecule has 1 saturated heterocycles. The first-order valence-corrected chi connectivity index (χ1v) is 4.51. The molecule has 5 nitrogen and oxygen atoms in total. The number of allylic oxidation sites excluding steroid dienone is 1. The molecule has 2 unspecified atom stereocenters. The van der Waals surface area contributed by atoms with E-state index >= 15 is 0 Å². The molecule has 2 aliphatic rings. The fourth-order valence-electron chi connectivity index (χ4n) is 1.57. The van der Waals surface area contributed by atoms with E-state index in [9.17, 15) is 5.11 Å². The molecule has 0 spiro atoms. The molecule has 0 saturated carbocycles. The number of piperidine rings is 1. The molecule has 0 aromatic heterocycles. The van der Waals surface area contributed by atoms with Gasteiger partial charge in [0.2, 0.25) is 0 Å². The summed E-state index contributed by atoms with van der Waals surface area (Å²) in [6, 6.07) is 0.0231. The summed E-state index contributed by atoms with van der Waals surface area (Å²) < 4.78 is 0. The summed E-state index contributed by atoms with van der Waals surface area (Å²) in [6.45, 7) is 1.64. The molecule has 3 N–H and O–H groups in total. The van der Waals surface area contributed by atoms with Crippen molar-refractivity contribution in [2.24, 2.45) is 5.10 Å². The molecule has 2 rings (SSSR count). The van der Waals surface area contributed by atoms with Crippen LogP contribution in [0, 0.1) is 0 Å². The third kappa shape index (κ3) is 1.81. The van der Waals surface area contributed by atoms with Gasteiger partial charge in [-0.1, -0.05) is 0 Å². The highest BCUT2D eigenvalue weighted by atomic mass is 16.3. The number of hydrogen-bond donors (Lipinski definition) is 3. The first-order chi connectivity index (χ1) is 6.38. The maximum absolute atomic E-state index is 9.70. The molecular formula is C8H14N4O. The van der Waals surface area contributed by atoms with Gasteiger partial charge in [-0.2, -0.15) is 5.10 Å². The number of aliphatic hydroxyl groups excluding tert-OH is 1. The zero-order chi connectivity index (χ0) is 9.10. The zero-order valence-corrected chi connectivity index (χ0v) is 7.35. The van der Waals surface area contributed by atoms with Crippen LogP contribution in [0.2, 0.25) is 0 Å². The Kier molecular flexibility index (Phi) is 2.47. The molecule has 72 valence electrons. The summed E-state index contributed by atoms with van der Waals surface area (Å²) >= 11 is 0. The average molecular weight is 182 g/mol. The Labute approximate surface area is 77.1 Å². The molecule has 2 heterocycles. The van der Waals surface area contributed by atoms with Crippen LogP contribution in [0.15, 0.2) is 17.4 Å². The van der Waals surface area contributed by atoms with Gasteiger partial charge in [0, 0.05) is 12.7 Å². The van der Waals surface area contributed by atoms with Gasteiger partial charge in [-0.05, 0) is 19.0 Å². The van der Waals surface area contributed by atoms with Crippen LogP contribution in [0.1, 0.15) is 6.42 Å². The summed E-state index contributed by atoms with van der Waals surface area (Å²) in [5.74, 6) is 0. The molecule has 5 heteroatoms. The van der Waals surface area contributed by atoms with Gasteiger partial charge in [-0.25, -0.2) is 5.12 Å². The van der Waals surface area contributed by atoms with Crippen LogP contribution < -0.4 is 10.7 Å². The first kappa shape index (κ1) is 8.52. The average Bonchev–Trinajstić information content (AvgIpc) is 2.20. The second-order valence-electron chi connectivity index (χ2n) is 3.22. The second kappa shape index (κ2) is 3.76. The number of nitrogens with zero attached hydrogens (tertiary/aromatic N) is 2. The van der Waals surface area contributed by atoms with Crippen molar-refractivity contribution >= 4 is 6.21 Å². The van der Waals surface area contributed by atoms with Crippen molar-refractivity contribution in [2.75, 3.05) is 13.1 Å². The minimum absolute atomic E-state index is 0.0231. The quantitative estimate of drug-likeness (QED) is 0.488. The van der Waals surface area contributed by atoms with Crippen LogP contribution in [0.4, 0.5) is 0 Å². The predicted octanol–water partition coefficient (Wildman–Crippen LogP) is -0.971. The van der Waals surface area contributed by atoms with E-state index in [-0.39, 0.29) is 12.1 Å². The van der Waals surface area contributed by atoms with Gasteiger partial charge in [0.1, 0.15) is 6.04 Å². The zero-order valence-electron chi connectivity index (χ0n) is 7.35. The molecule has 0 amide bonds. The van der Waals surface area contributed by atoms with Crippen molar-refractivity contribution in [3.63, 3.8) is 0 Å². The first-order valence-electron chi connectivity index (χ1n) is 4.51. The van der Waals surface area contributed by atoms with Crippen LogP contribution >= 0.6 is 0 Å². The van der Waals surface area contributed by atoms with Crippen LogP contribution in [0.5, 0.6) is 0 Å². The lowest BCUT2D eigenvalue weighted by molar-refractivity contribution is 0.0111. The molecule has 2 atom stereocenters. The van der Waals surface area contributed by atoms with Crippen molar-refractivity contribution in [3.8, 4) is 0 Å². The van der Waals surface area contributed by atoms with Gasteiger partial charge >= 0.3 is 0 Å². The van der Waals surface area contributed by atoms with Crippen molar-refractivity contribution in [3.05, 3.63) is 12.3 Å².